The van der Waals surface area contributed by atoms with Crippen molar-refractivity contribution >= 4 is 11.8 Å². The highest BCUT2D eigenvalue weighted by Gasteiger charge is 2.23. The monoisotopic (exact) mass is 419 g/mol. The fourth-order valence-corrected chi connectivity index (χ4v) is 3.67. The molecule has 3 aromatic rings. The minimum Gasteiger partial charge on any atom is -0.341 e. The van der Waals surface area contributed by atoms with E-state index in [1.807, 2.05) is 47.1 Å². The number of pyridine rings is 1. The van der Waals surface area contributed by atoms with Crippen molar-refractivity contribution in [1.82, 2.24) is 24.9 Å². The number of nitrogens with zero attached hydrogens (tertiary/aromatic N) is 5. The molecule has 8 nitrogen and oxygen atoms in total. The molecule has 1 saturated heterocycles. The molecule has 160 valence electrons. The van der Waals surface area contributed by atoms with Gasteiger partial charge in [0.15, 0.2) is 0 Å². The highest BCUT2D eigenvalue weighted by molar-refractivity contribution is 5.94. The third-order valence-electron chi connectivity index (χ3n) is 5.34. The van der Waals surface area contributed by atoms with Crippen LogP contribution in [0.3, 0.4) is 0 Å². The third kappa shape index (κ3) is 5.14. The Morgan fingerprint density at radius 1 is 1.06 bits per heavy atom. The maximum atomic E-state index is 12.8. The van der Waals surface area contributed by atoms with Crippen molar-refractivity contribution in [3.63, 3.8) is 0 Å². The van der Waals surface area contributed by atoms with Crippen molar-refractivity contribution in [1.29, 1.82) is 0 Å². The second kappa shape index (κ2) is 9.51. The Bertz CT molecular complexity index is 1050. The van der Waals surface area contributed by atoms with Crippen LogP contribution >= 0.6 is 0 Å². The molecule has 0 saturated carbocycles. The first kappa shape index (κ1) is 20.7. The van der Waals surface area contributed by atoms with E-state index in [4.69, 9.17) is 4.52 Å². The van der Waals surface area contributed by atoms with Gasteiger partial charge in [-0.15, -0.1) is 0 Å². The predicted octanol–water partition coefficient (Wildman–Crippen LogP) is 2.75. The zero-order valence-corrected chi connectivity index (χ0v) is 17.5. The van der Waals surface area contributed by atoms with Crippen molar-refractivity contribution in [2.75, 3.05) is 26.2 Å². The number of rotatable bonds is 5. The fraction of sp³-hybridized carbons (Fsp3) is 0.348. The summed E-state index contributed by atoms with van der Waals surface area (Å²) in [6.45, 7) is 4.32. The van der Waals surface area contributed by atoms with E-state index in [1.165, 1.54) is 0 Å². The fourth-order valence-electron chi connectivity index (χ4n) is 3.67. The Kier molecular flexibility index (Phi) is 6.35. The highest BCUT2D eigenvalue weighted by Crippen LogP contribution is 2.15. The Balaban J connectivity index is 1.30. The molecule has 4 rings (SSSR count). The average Bonchev–Trinajstić information content (AvgIpc) is 3.13. The summed E-state index contributed by atoms with van der Waals surface area (Å²) in [5.74, 6) is 0.951. The van der Waals surface area contributed by atoms with E-state index < -0.39 is 0 Å². The molecule has 2 aromatic heterocycles. The van der Waals surface area contributed by atoms with E-state index in [2.05, 4.69) is 15.1 Å². The van der Waals surface area contributed by atoms with E-state index in [-0.39, 0.29) is 11.8 Å². The topological polar surface area (TPSA) is 92.4 Å². The van der Waals surface area contributed by atoms with Crippen molar-refractivity contribution in [3.8, 4) is 11.4 Å². The average molecular weight is 419 g/mol. The molecule has 1 fully saturated rings. The predicted molar refractivity (Wildman–Crippen MR) is 114 cm³/mol. The van der Waals surface area contributed by atoms with Crippen LogP contribution in [0.4, 0.5) is 0 Å². The molecule has 0 spiro atoms. The van der Waals surface area contributed by atoms with Crippen LogP contribution in [0.15, 0.2) is 53.3 Å². The first-order valence-corrected chi connectivity index (χ1v) is 10.5. The van der Waals surface area contributed by atoms with Gasteiger partial charge in [-0.05, 0) is 37.6 Å². The first-order valence-electron chi connectivity index (χ1n) is 10.5. The smallest absolute Gasteiger partial charge is 0.253 e. The number of benzene rings is 1. The maximum absolute atomic E-state index is 12.8. The van der Waals surface area contributed by atoms with Gasteiger partial charge in [0, 0.05) is 62.5 Å². The van der Waals surface area contributed by atoms with E-state index >= 15 is 0 Å². The second-order valence-electron chi connectivity index (χ2n) is 7.65. The van der Waals surface area contributed by atoms with E-state index in [0.717, 1.165) is 17.5 Å². The molecule has 8 heteroatoms. The molecule has 0 bridgehead atoms. The lowest BCUT2D eigenvalue weighted by atomic mass is 10.1. The first-order chi connectivity index (χ1) is 15.1. The molecule has 1 aliphatic heterocycles. The molecule has 31 heavy (non-hydrogen) atoms. The Labute approximate surface area is 180 Å². The number of hydrogen-bond acceptors (Lipinski definition) is 6. The van der Waals surface area contributed by atoms with Gasteiger partial charge in [0.2, 0.25) is 17.6 Å². The Morgan fingerprint density at radius 3 is 2.71 bits per heavy atom. The summed E-state index contributed by atoms with van der Waals surface area (Å²) in [7, 11) is 0. The molecule has 2 amide bonds. The molecule has 0 radical (unpaired) electrons. The summed E-state index contributed by atoms with van der Waals surface area (Å²) in [6, 6.07) is 11.3. The van der Waals surface area contributed by atoms with Crippen LogP contribution in [0, 0.1) is 6.92 Å². The molecule has 1 aliphatic rings. The zero-order valence-electron chi connectivity index (χ0n) is 17.5. The quantitative estimate of drug-likeness (QED) is 0.631. The number of aryl methyl sites for hydroxylation is 2. The van der Waals surface area contributed by atoms with Crippen LogP contribution in [0.1, 0.15) is 34.7 Å². The van der Waals surface area contributed by atoms with Crippen LogP contribution in [-0.2, 0) is 11.2 Å². The zero-order chi connectivity index (χ0) is 21.6. The lowest BCUT2D eigenvalue weighted by Crippen LogP contribution is -2.37. The van der Waals surface area contributed by atoms with Crippen molar-refractivity contribution in [2.45, 2.75) is 26.2 Å². The molecule has 0 atom stereocenters. The third-order valence-corrected chi connectivity index (χ3v) is 5.34. The minimum atomic E-state index is 0.0202. The molecular weight excluding hydrogens is 394 g/mol. The largest absolute Gasteiger partial charge is 0.341 e. The lowest BCUT2D eigenvalue weighted by molar-refractivity contribution is -0.131. The Morgan fingerprint density at radius 2 is 1.90 bits per heavy atom. The van der Waals surface area contributed by atoms with Crippen LogP contribution in [0.2, 0.25) is 0 Å². The second-order valence-corrected chi connectivity index (χ2v) is 7.65. The van der Waals surface area contributed by atoms with Gasteiger partial charge in [-0.1, -0.05) is 22.9 Å². The maximum Gasteiger partial charge on any atom is 0.253 e. The van der Waals surface area contributed by atoms with Crippen LogP contribution in [0.5, 0.6) is 0 Å². The van der Waals surface area contributed by atoms with Gasteiger partial charge in [-0.25, -0.2) is 0 Å². The lowest BCUT2D eigenvalue weighted by Gasteiger charge is -2.22. The van der Waals surface area contributed by atoms with Crippen LogP contribution in [-0.4, -0.2) is 62.9 Å². The number of aromatic nitrogens is 3. The summed E-state index contributed by atoms with van der Waals surface area (Å²) in [4.78, 5) is 37.6. The molecule has 1 aromatic carbocycles. The molecule has 0 N–H and O–H groups in total. The van der Waals surface area contributed by atoms with Gasteiger partial charge >= 0.3 is 0 Å². The highest BCUT2D eigenvalue weighted by atomic mass is 16.5. The van der Waals surface area contributed by atoms with Gasteiger partial charge in [0.05, 0.1) is 0 Å². The number of amides is 2. The molecule has 0 unspecified atom stereocenters. The SMILES string of the molecule is Cc1cccc(C(=O)N2CCCN(C(=O)CCc3nc(-c4cccnc4)no3)CC2)c1. The molecular formula is C23H25N5O3. The minimum absolute atomic E-state index is 0.0202. The van der Waals surface area contributed by atoms with Crippen LogP contribution < -0.4 is 0 Å². The standard InChI is InChI=1S/C23H25N5O3/c1-17-5-2-6-18(15-17)23(30)28-12-4-11-27(13-14-28)21(29)9-8-20-25-22(26-31-20)19-7-3-10-24-16-19/h2-3,5-7,10,15-16H,4,8-9,11-14H2,1H3. The van der Waals surface area contributed by atoms with Gasteiger partial charge < -0.3 is 14.3 Å². The number of carbonyl (C=O) groups excluding carboxylic acids is 2. The van der Waals surface area contributed by atoms with Crippen molar-refractivity contribution in [3.05, 3.63) is 65.8 Å². The van der Waals surface area contributed by atoms with Crippen molar-refractivity contribution in [2.24, 2.45) is 0 Å². The summed E-state index contributed by atoms with van der Waals surface area (Å²) < 4.78 is 5.28. The van der Waals surface area contributed by atoms with Gasteiger partial charge in [0.25, 0.3) is 5.91 Å². The number of carbonyl (C=O) groups is 2. The van der Waals surface area contributed by atoms with E-state index in [1.54, 1.807) is 18.5 Å². The summed E-state index contributed by atoms with van der Waals surface area (Å²) in [6.07, 6.45) is 4.78. The summed E-state index contributed by atoms with van der Waals surface area (Å²) in [5, 5.41) is 3.96. The summed E-state index contributed by atoms with van der Waals surface area (Å²) in [5.41, 5.74) is 2.53. The van der Waals surface area contributed by atoms with E-state index in [0.29, 0.717) is 56.3 Å². The van der Waals surface area contributed by atoms with Crippen molar-refractivity contribution < 1.29 is 14.1 Å². The van der Waals surface area contributed by atoms with Gasteiger partial charge in [0.1, 0.15) is 0 Å². The van der Waals surface area contributed by atoms with Gasteiger partial charge in [-0.3, -0.25) is 14.6 Å². The van der Waals surface area contributed by atoms with Crippen LogP contribution in [0.25, 0.3) is 11.4 Å². The molecule has 0 aliphatic carbocycles. The molecule has 3 heterocycles. The van der Waals surface area contributed by atoms with Gasteiger partial charge in [-0.2, -0.15) is 4.98 Å². The number of hydrogen-bond donors (Lipinski definition) is 0. The Hall–Kier alpha value is -3.55. The summed E-state index contributed by atoms with van der Waals surface area (Å²) >= 11 is 0. The van der Waals surface area contributed by atoms with E-state index in [9.17, 15) is 9.59 Å². The normalized spacial score (nSPS) is 14.4.